The number of fused-ring (bicyclic) bond motifs is 2. The molecule has 1 atom stereocenters. The van der Waals surface area contributed by atoms with Gasteiger partial charge in [0.05, 0.1) is 44.8 Å². The van der Waals surface area contributed by atoms with E-state index >= 15 is 0 Å². The number of aliphatic imine (C=N–C) groups is 1. The molecule has 2 aliphatic rings. The van der Waals surface area contributed by atoms with Crippen LogP contribution in [0.2, 0.25) is 0 Å². The number of hydrogen-bond acceptors (Lipinski definition) is 10. The van der Waals surface area contributed by atoms with Gasteiger partial charge < -0.3 is 5.32 Å². The van der Waals surface area contributed by atoms with Crippen molar-refractivity contribution in [3.05, 3.63) is 78.4 Å². The van der Waals surface area contributed by atoms with Crippen molar-refractivity contribution in [2.45, 2.75) is 54.4 Å². The molecule has 12 heteroatoms. The summed E-state index contributed by atoms with van der Waals surface area (Å²) >= 11 is 0.829. The van der Waals surface area contributed by atoms with Gasteiger partial charge in [-0.25, -0.2) is 5.26 Å². The van der Waals surface area contributed by atoms with Crippen LogP contribution in [0.15, 0.2) is 60.8 Å². The SMILES string of the molecule is CC1(C)C(C=c2c(=O)c(=CC3Nc4ccc(S(=O)(=O)O)cc4C3(C)C)c2=O)=Nc2ccc(SOOO)cc21. The largest absolute Gasteiger partial charge is 0.378 e. The Labute approximate surface area is 221 Å². The first-order valence-corrected chi connectivity index (χ1v) is 13.7. The van der Waals surface area contributed by atoms with Crippen LogP contribution in [0.1, 0.15) is 38.8 Å². The van der Waals surface area contributed by atoms with Gasteiger partial charge in [0.2, 0.25) is 10.9 Å². The van der Waals surface area contributed by atoms with Crippen molar-refractivity contribution in [3.63, 3.8) is 0 Å². The fraction of sp³-hybridized carbons (Fsp3) is 0.269. The lowest BCUT2D eigenvalue weighted by molar-refractivity contribution is -0.432. The molecule has 0 aromatic heterocycles. The van der Waals surface area contributed by atoms with Crippen LogP contribution in [-0.4, -0.2) is 30.0 Å². The van der Waals surface area contributed by atoms with Crippen LogP contribution in [0.3, 0.4) is 0 Å². The zero-order valence-corrected chi connectivity index (χ0v) is 22.4. The van der Waals surface area contributed by atoms with E-state index in [2.05, 4.69) is 19.7 Å². The molecule has 0 radical (unpaired) electrons. The molecule has 38 heavy (non-hydrogen) atoms. The van der Waals surface area contributed by atoms with E-state index in [1.807, 2.05) is 33.8 Å². The summed E-state index contributed by atoms with van der Waals surface area (Å²) < 4.78 is 37.1. The molecular formula is C26H24N2O8S2. The summed E-state index contributed by atoms with van der Waals surface area (Å²) in [5.41, 5.74) is 1.40. The van der Waals surface area contributed by atoms with E-state index in [-0.39, 0.29) is 26.2 Å². The molecule has 3 N–H and O–H groups in total. The molecule has 0 fully saturated rings. The Morgan fingerprint density at radius 3 is 2.39 bits per heavy atom. The lowest BCUT2D eigenvalue weighted by Gasteiger charge is -2.25. The minimum absolute atomic E-state index is 0.0458. The van der Waals surface area contributed by atoms with E-state index in [4.69, 9.17) is 5.26 Å². The molecule has 2 heterocycles. The molecular weight excluding hydrogens is 532 g/mol. The Morgan fingerprint density at radius 2 is 1.74 bits per heavy atom. The highest BCUT2D eigenvalue weighted by atomic mass is 32.2. The van der Waals surface area contributed by atoms with E-state index in [0.717, 1.165) is 17.6 Å². The second kappa shape index (κ2) is 8.97. The fourth-order valence-electron chi connectivity index (χ4n) is 4.97. The maximum absolute atomic E-state index is 13.1. The number of anilines is 1. The number of benzene rings is 2. The van der Waals surface area contributed by atoms with E-state index in [1.54, 1.807) is 24.3 Å². The van der Waals surface area contributed by atoms with Crippen LogP contribution >= 0.6 is 12.0 Å². The third kappa shape index (κ3) is 4.23. The average molecular weight is 557 g/mol. The highest BCUT2D eigenvalue weighted by Crippen LogP contribution is 2.43. The van der Waals surface area contributed by atoms with Crippen LogP contribution < -0.4 is 26.6 Å². The van der Waals surface area contributed by atoms with Crippen LogP contribution in [0.25, 0.3) is 12.2 Å². The van der Waals surface area contributed by atoms with Crippen molar-refractivity contribution in [1.82, 2.24) is 0 Å². The highest BCUT2D eigenvalue weighted by Gasteiger charge is 2.39. The minimum Gasteiger partial charge on any atom is -0.378 e. The molecule has 0 amide bonds. The summed E-state index contributed by atoms with van der Waals surface area (Å²) in [6.07, 6.45) is 3.11. The monoisotopic (exact) mass is 556 g/mol. The van der Waals surface area contributed by atoms with Crippen molar-refractivity contribution < 1.29 is 27.6 Å². The molecule has 198 valence electrons. The summed E-state index contributed by atoms with van der Waals surface area (Å²) in [5, 5.41) is 15.4. The first-order valence-electron chi connectivity index (χ1n) is 11.5. The Balaban J connectivity index is 1.48. The molecule has 1 unspecified atom stereocenters. The number of nitrogens with one attached hydrogen (secondary N) is 1. The van der Waals surface area contributed by atoms with E-state index in [1.165, 1.54) is 18.2 Å². The highest BCUT2D eigenvalue weighted by molar-refractivity contribution is 7.94. The van der Waals surface area contributed by atoms with Gasteiger partial charge in [-0.15, -0.1) is 4.33 Å². The lowest BCUT2D eigenvalue weighted by atomic mass is 9.80. The zero-order chi connectivity index (χ0) is 27.6. The van der Waals surface area contributed by atoms with Gasteiger partial charge >= 0.3 is 0 Å². The average Bonchev–Trinajstić information content (AvgIpc) is 3.26. The van der Waals surface area contributed by atoms with Crippen molar-refractivity contribution in [1.29, 1.82) is 0 Å². The van der Waals surface area contributed by atoms with Crippen LogP contribution in [0.4, 0.5) is 11.4 Å². The Morgan fingerprint density at radius 1 is 1.03 bits per heavy atom. The predicted molar refractivity (Wildman–Crippen MR) is 143 cm³/mol. The molecule has 3 aromatic rings. The second-order valence-corrected chi connectivity index (χ2v) is 12.5. The Kier molecular flexibility index (Phi) is 6.25. The molecule has 0 bridgehead atoms. The van der Waals surface area contributed by atoms with Crippen molar-refractivity contribution in [2.24, 2.45) is 4.99 Å². The first-order chi connectivity index (χ1) is 17.7. The van der Waals surface area contributed by atoms with Gasteiger partial charge in [0.1, 0.15) is 0 Å². The van der Waals surface area contributed by atoms with Crippen LogP contribution in [-0.2, 0) is 30.3 Å². The van der Waals surface area contributed by atoms with Crippen LogP contribution in [0, 0.1) is 0 Å². The van der Waals surface area contributed by atoms with Gasteiger partial charge in [0.15, 0.2) is 0 Å². The predicted octanol–water partition coefficient (Wildman–Crippen LogP) is 2.35. The minimum atomic E-state index is -4.37. The topological polar surface area (TPSA) is 152 Å². The van der Waals surface area contributed by atoms with Gasteiger partial charge in [-0.3, -0.25) is 19.1 Å². The standard InChI is InChI=1S/C26H24N2O8S2/c1-25(2)17-9-13(37-36-35-31)5-7-19(17)27-21(25)11-15-23(29)16(24(15)30)12-22-26(3,4)18-10-14(38(32,33)34)6-8-20(18)28-22/h5-12,22,28,31H,1-4H3,(H,32,33,34). The van der Waals surface area contributed by atoms with Gasteiger partial charge in [0, 0.05) is 21.4 Å². The smallest absolute Gasteiger partial charge is 0.294 e. The summed E-state index contributed by atoms with van der Waals surface area (Å²) in [5.74, 6) is 0. The van der Waals surface area contributed by atoms with Gasteiger partial charge in [0.25, 0.3) is 10.1 Å². The molecule has 0 saturated heterocycles. The van der Waals surface area contributed by atoms with E-state index in [9.17, 15) is 22.6 Å². The van der Waals surface area contributed by atoms with Gasteiger partial charge in [-0.1, -0.05) is 32.7 Å². The molecule has 5 rings (SSSR count). The number of nitrogens with zero attached hydrogens (tertiary/aromatic N) is 1. The summed E-state index contributed by atoms with van der Waals surface area (Å²) in [6.45, 7) is 7.59. The van der Waals surface area contributed by atoms with E-state index in [0.29, 0.717) is 27.5 Å². The Bertz CT molecular complexity index is 1780. The normalized spacial score (nSPS) is 19.0. The van der Waals surface area contributed by atoms with Crippen molar-refractivity contribution >= 4 is 51.4 Å². The molecule has 3 aromatic carbocycles. The maximum atomic E-state index is 13.1. The van der Waals surface area contributed by atoms with E-state index < -0.39 is 27.0 Å². The first kappa shape index (κ1) is 26.5. The Hall–Kier alpha value is -3.13. The van der Waals surface area contributed by atoms with Crippen molar-refractivity contribution in [2.75, 3.05) is 5.32 Å². The molecule has 0 saturated carbocycles. The van der Waals surface area contributed by atoms with Gasteiger partial charge in [-0.2, -0.15) is 8.42 Å². The summed E-state index contributed by atoms with van der Waals surface area (Å²) in [7, 11) is -4.37. The number of hydrogen-bond donors (Lipinski definition) is 3. The maximum Gasteiger partial charge on any atom is 0.294 e. The zero-order valence-electron chi connectivity index (χ0n) is 20.8. The van der Waals surface area contributed by atoms with Crippen LogP contribution in [0.5, 0.6) is 0 Å². The molecule has 10 nitrogen and oxygen atoms in total. The summed E-state index contributed by atoms with van der Waals surface area (Å²) in [4.78, 5) is 31.2. The quantitative estimate of drug-likeness (QED) is 0.179. The molecule has 0 spiro atoms. The second-order valence-electron chi connectivity index (χ2n) is 10.3. The lowest BCUT2D eigenvalue weighted by Crippen LogP contribution is -2.65. The molecule has 0 aliphatic carbocycles. The third-order valence-electron chi connectivity index (χ3n) is 7.35. The third-order valence-corrected chi connectivity index (χ3v) is 8.77. The van der Waals surface area contributed by atoms with Gasteiger partial charge in [-0.05, 0) is 59.7 Å². The van der Waals surface area contributed by atoms with Crippen molar-refractivity contribution in [3.8, 4) is 0 Å². The molecule has 2 aliphatic heterocycles. The number of rotatable bonds is 6. The summed E-state index contributed by atoms with van der Waals surface area (Å²) in [6, 6.07) is 9.15. The fourth-order valence-corrected chi connectivity index (χ4v) is 5.87.